The topological polar surface area (TPSA) is 84.7 Å². The Morgan fingerprint density at radius 1 is 1.17 bits per heavy atom. The lowest BCUT2D eigenvalue weighted by molar-refractivity contribution is -0.117. The number of fused-ring (bicyclic) bond motifs is 1. The number of carbonyl (C=O) groups excluding carboxylic acids is 1. The lowest BCUT2D eigenvalue weighted by Crippen LogP contribution is -2.14. The van der Waals surface area contributed by atoms with Gasteiger partial charge < -0.3 is 10.6 Å². The van der Waals surface area contributed by atoms with Crippen molar-refractivity contribution >= 4 is 28.3 Å². The summed E-state index contributed by atoms with van der Waals surface area (Å²) < 4.78 is 24.5. The zero-order valence-electron chi connectivity index (χ0n) is 19.0. The minimum atomic E-state index is -2.40. The Bertz CT molecular complexity index is 1280. The van der Waals surface area contributed by atoms with Crippen LogP contribution in [-0.4, -0.2) is 32.6 Å². The second-order valence-corrected chi connectivity index (χ2v) is 7.61. The average Bonchev–Trinajstić information content (AvgIpc) is 3.64. The second-order valence-electron chi connectivity index (χ2n) is 7.61. The van der Waals surface area contributed by atoms with Crippen molar-refractivity contribution in [3.8, 4) is 11.8 Å². The van der Waals surface area contributed by atoms with E-state index >= 15 is 0 Å². The molecule has 29 heavy (non-hydrogen) atoms. The summed E-state index contributed by atoms with van der Waals surface area (Å²) in [5.41, 5.74) is 2.31. The fourth-order valence-electron chi connectivity index (χ4n) is 3.24. The number of carbonyl (C=O) groups is 1. The van der Waals surface area contributed by atoms with Gasteiger partial charge in [0.1, 0.15) is 11.6 Å². The molecule has 3 heterocycles. The Balaban J connectivity index is 1.54. The van der Waals surface area contributed by atoms with Crippen LogP contribution in [0.2, 0.25) is 0 Å². The van der Waals surface area contributed by atoms with Crippen LogP contribution in [0.3, 0.4) is 0 Å². The van der Waals surface area contributed by atoms with Crippen LogP contribution >= 0.6 is 0 Å². The highest BCUT2D eigenvalue weighted by Gasteiger charge is 2.30. The van der Waals surface area contributed by atoms with E-state index in [-0.39, 0.29) is 17.6 Å². The van der Waals surface area contributed by atoms with Crippen molar-refractivity contribution in [2.75, 3.05) is 17.6 Å². The standard InChI is InChI=1S/C22H22N6O/c1-13-16(12-28(27-13)17-7-8-17)6-5-15-10-25-21(23-2)19-11-24-20(9-18(15)19)26-22(29)14-3-4-14/h9-12,14,17H,3-4,7-8H2,1-2H3,(H,23,25)(H,24,26,29)/i2D3. The highest BCUT2D eigenvalue weighted by atomic mass is 16.2. The normalized spacial score (nSPS) is 17.6. The third kappa shape index (κ3) is 3.54. The van der Waals surface area contributed by atoms with Gasteiger partial charge in [-0.25, -0.2) is 9.97 Å². The number of nitrogens with one attached hydrogen (secondary N) is 2. The Labute approximate surface area is 173 Å². The van der Waals surface area contributed by atoms with Crippen LogP contribution in [0.4, 0.5) is 11.6 Å². The summed E-state index contributed by atoms with van der Waals surface area (Å²) >= 11 is 0. The number of hydrogen-bond donors (Lipinski definition) is 2. The molecule has 3 aromatic rings. The molecular weight excluding hydrogens is 364 g/mol. The molecule has 2 aliphatic carbocycles. The van der Waals surface area contributed by atoms with Crippen molar-refractivity contribution in [2.45, 2.75) is 38.6 Å². The van der Waals surface area contributed by atoms with Gasteiger partial charge in [0, 0.05) is 46.4 Å². The van der Waals surface area contributed by atoms with Crippen molar-refractivity contribution in [1.82, 2.24) is 19.7 Å². The third-order valence-electron chi connectivity index (χ3n) is 5.26. The first-order chi connectivity index (χ1) is 15.3. The number of hydrogen-bond acceptors (Lipinski definition) is 5. The Morgan fingerprint density at radius 3 is 2.76 bits per heavy atom. The van der Waals surface area contributed by atoms with Gasteiger partial charge in [-0.3, -0.25) is 9.48 Å². The molecule has 146 valence electrons. The lowest BCUT2D eigenvalue weighted by atomic mass is 10.1. The minimum Gasteiger partial charge on any atom is -0.373 e. The van der Waals surface area contributed by atoms with E-state index < -0.39 is 6.98 Å². The van der Waals surface area contributed by atoms with Gasteiger partial charge in [0.15, 0.2) is 0 Å². The molecule has 2 fully saturated rings. The van der Waals surface area contributed by atoms with E-state index in [4.69, 9.17) is 4.11 Å². The molecule has 0 spiro atoms. The summed E-state index contributed by atoms with van der Waals surface area (Å²) in [6.45, 7) is -0.474. The Hall–Kier alpha value is -3.40. The van der Waals surface area contributed by atoms with Crippen LogP contribution < -0.4 is 10.6 Å². The van der Waals surface area contributed by atoms with E-state index in [0.29, 0.717) is 28.2 Å². The van der Waals surface area contributed by atoms with Crippen LogP contribution in [0, 0.1) is 24.7 Å². The summed E-state index contributed by atoms with van der Waals surface area (Å²) in [5, 5.41) is 11.0. The summed E-state index contributed by atoms with van der Waals surface area (Å²) in [7, 11) is 0. The van der Waals surface area contributed by atoms with Gasteiger partial charge in [-0.05, 0) is 38.7 Å². The van der Waals surface area contributed by atoms with Crippen LogP contribution in [0.25, 0.3) is 10.8 Å². The molecule has 2 aliphatic rings. The van der Waals surface area contributed by atoms with Crippen molar-refractivity contribution in [3.63, 3.8) is 0 Å². The van der Waals surface area contributed by atoms with Crippen LogP contribution in [-0.2, 0) is 4.79 Å². The molecule has 1 amide bonds. The quantitative estimate of drug-likeness (QED) is 0.669. The van der Waals surface area contributed by atoms with Crippen LogP contribution in [0.15, 0.2) is 24.7 Å². The molecule has 7 heteroatoms. The van der Waals surface area contributed by atoms with Gasteiger partial charge in [-0.2, -0.15) is 5.10 Å². The van der Waals surface area contributed by atoms with Gasteiger partial charge >= 0.3 is 0 Å². The summed E-state index contributed by atoms with van der Waals surface area (Å²) in [4.78, 5) is 20.7. The molecule has 0 saturated heterocycles. The van der Waals surface area contributed by atoms with E-state index in [2.05, 4.69) is 37.5 Å². The number of nitrogens with zero attached hydrogens (tertiary/aromatic N) is 4. The van der Waals surface area contributed by atoms with E-state index in [0.717, 1.165) is 36.9 Å². The highest BCUT2D eigenvalue weighted by molar-refractivity contribution is 5.99. The van der Waals surface area contributed by atoms with Gasteiger partial charge in [0.25, 0.3) is 0 Å². The average molecular weight is 389 g/mol. The number of rotatable bonds is 4. The molecule has 0 unspecified atom stereocenters. The predicted molar refractivity (Wildman–Crippen MR) is 112 cm³/mol. The summed E-state index contributed by atoms with van der Waals surface area (Å²) in [5.74, 6) is 6.90. The van der Waals surface area contributed by atoms with Crippen LogP contribution in [0.1, 0.15) is 52.7 Å². The number of aryl methyl sites for hydroxylation is 1. The maximum absolute atomic E-state index is 12.2. The fraction of sp³-hybridized carbons (Fsp3) is 0.364. The van der Waals surface area contributed by atoms with Crippen LogP contribution in [0.5, 0.6) is 0 Å². The Morgan fingerprint density at radius 2 is 2.00 bits per heavy atom. The molecule has 0 radical (unpaired) electrons. The first kappa shape index (κ1) is 14.6. The fourth-order valence-corrected chi connectivity index (χ4v) is 3.24. The summed E-state index contributed by atoms with van der Waals surface area (Å²) in [6.07, 6.45) is 9.08. The maximum atomic E-state index is 12.2. The molecule has 0 aliphatic heterocycles. The SMILES string of the molecule is [2H]C([2H])([2H])Nc1ncc(C#Cc2cn(C3CC3)nc2C)c2cc(NC(=O)C3CC3)ncc12. The van der Waals surface area contributed by atoms with Gasteiger partial charge in [-0.15, -0.1) is 0 Å². The molecule has 0 bridgehead atoms. The van der Waals surface area contributed by atoms with Crippen molar-refractivity contribution in [2.24, 2.45) is 5.92 Å². The number of aromatic nitrogens is 4. The van der Waals surface area contributed by atoms with E-state index in [1.165, 1.54) is 12.4 Å². The monoisotopic (exact) mass is 389 g/mol. The molecule has 0 aromatic carbocycles. The van der Waals surface area contributed by atoms with Gasteiger partial charge in [0.05, 0.1) is 22.9 Å². The molecule has 2 saturated carbocycles. The van der Waals surface area contributed by atoms with E-state index in [9.17, 15) is 4.79 Å². The maximum Gasteiger partial charge on any atom is 0.228 e. The lowest BCUT2D eigenvalue weighted by Gasteiger charge is -2.09. The zero-order valence-corrected chi connectivity index (χ0v) is 16.0. The minimum absolute atomic E-state index is 0.0444. The van der Waals surface area contributed by atoms with Crippen molar-refractivity contribution in [1.29, 1.82) is 0 Å². The van der Waals surface area contributed by atoms with Gasteiger partial charge in [-0.1, -0.05) is 11.8 Å². The summed E-state index contributed by atoms with van der Waals surface area (Å²) in [6, 6.07) is 2.19. The predicted octanol–water partition coefficient (Wildman–Crippen LogP) is 3.26. The zero-order chi connectivity index (χ0) is 22.5. The number of amides is 1. The third-order valence-corrected chi connectivity index (χ3v) is 5.26. The second kappa shape index (κ2) is 6.89. The Kier molecular flexibility index (Phi) is 3.46. The van der Waals surface area contributed by atoms with E-state index in [1.54, 1.807) is 6.07 Å². The first-order valence-corrected chi connectivity index (χ1v) is 9.72. The van der Waals surface area contributed by atoms with E-state index in [1.807, 2.05) is 17.8 Å². The molecule has 0 atom stereocenters. The molecule has 5 rings (SSSR count). The van der Waals surface area contributed by atoms with Crippen molar-refractivity contribution < 1.29 is 8.91 Å². The van der Waals surface area contributed by atoms with Gasteiger partial charge in [0.2, 0.25) is 5.91 Å². The molecule has 7 nitrogen and oxygen atoms in total. The smallest absolute Gasteiger partial charge is 0.228 e. The number of anilines is 2. The molecule has 2 N–H and O–H groups in total. The largest absolute Gasteiger partial charge is 0.373 e. The molecular formula is C22H22N6O. The number of pyridine rings is 2. The first-order valence-electron chi connectivity index (χ1n) is 11.2. The molecule has 3 aromatic heterocycles. The highest BCUT2D eigenvalue weighted by Crippen LogP contribution is 2.34. The van der Waals surface area contributed by atoms with Crippen molar-refractivity contribution in [3.05, 3.63) is 41.5 Å².